The zero-order valence-corrected chi connectivity index (χ0v) is 19.8. The maximum atomic E-state index is 12.9. The van der Waals surface area contributed by atoms with Gasteiger partial charge in [-0.1, -0.05) is 11.8 Å². The Bertz CT molecular complexity index is 1050. The summed E-state index contributed by atoms with van der Waals surface area (Å²) in [6, 6.07) is 11.9. The molecule has 0 spiro atoms. The first-order chi connectivity index (χ1) is 15.3. The van der Waals surface area contributed by atoms with Gasteiger partial charge in [0.25, 0.3) is 5.91 Å². The van der Waals surface area contributed by atoms with Crippen LogP contribution in [-0.4, -0.2) is 45.9 Å². The van der Waals surface area contributed by atoms with E-state index in [0.717, 1.165) is 5.57 Å². The number of rotatable bonds is 8. The highest BCUT2D eigenvalue weighted by Crippen LogP contribution is 2.29. The van der Waals surface area contributed by atoms with Gasteiger partial charge in [0.2, 0.25) is 0 Å². The summed E-state index contributed by atoms with van der Waals surface area (Å²) in [6.07, 6.45) is 1.83. The van der Waals surface area contributed by atoms with Gasteiger partial charge in [-0.15, -0.1) is 0 Å². The van der Waals surface area contributed by atoms with E-state index < -0.39 is 10.8 Å². The second-order valence-corrected chi connectivity index (χ2v) is 9.56. The molecule has 0 aromatic heterocycles. The number of carbonyl (C=O) groups is 1. The topological polar surface area (TPSA) is 97.2 Å². The third kappa shape index (κ3) is 6.94. The second-order valence-electron chi connectivity index (χ2n) is 7.32. The molecule has 0 aliphatic carbocycles. The number of hydrogen-bond donors (Lipinski definition) is 2. The number of aliphatic imine (C=N–C) groups is 1. The number of ether oxygens (including phenoxy) is 2. The van der Waals surface area contributed by atoms with Gasteiger partial charge in [0, 0.05) is 46.6 Å². The van der Waals surface area contributed by atoms with Crippen molar-refractivity contribution in [2.75, 3.05) is 19.4 Å². The van der Waals surface area contributed by atoms with Crippen LogP contribution in [0.2, 0.25) is 0 Å². The number of amidine groups is 1. The minimum absolute atomic E-state index is 0.000168. The maximum absolute atomic E-state index is 12.9. The second kappa shape index (κ2) is 11.3. The molecule has 7 nitrogen and oxygen atoms in total. The van der Waals surface area contributed by atoms with Crippen molar-refractivity contribution in [1.29, 1.82) is 0 Å². The molecule has 1 aliphatic heterocycles. The molecule has 1 heterocycles. The maximum Gasteiger partial charge on any atom is 0.257 e. The fraction of sp³-hybridized carbons (Fsp3) is 0.304. The van der Waals surface area contributed by atoms with Crippen LogP contribution in [0.5, 0.6) is 17.2 Å². The minimum atomic E-state index is -1.08. The first kappa shape index (κ1) is 24.0. The van der Waals surface area contributed by atoms with Gasteiger partial charge in [0.05, 0.1) is 12.6 Å². The quantitative estimate of drug-likeness (QED) is 0.598. The highest BCUT2D eigenvalue weighted by molar-refractivity contribution is 8.16. The van der Waals surface area contributed by atoms with Gasteiger partial charge in [0.15, 0.2) is 5.17 Å². The average molecular weight is 475 g/mol. The first-order valence-electron chi connectivity index (χ1n) is 10.1. The first-order valence-corrected chi connectivity index (χ1v) is 12.5. The fourth-order valence-electron chi connectivity index (χ4n) is 2.80. The van der Waals surface area contributed by atoms with Gasteiger partial charge < -0.3 is 19.9 Å². The Morgan fingerprint density at radius 2 is 1.94 bits per heavy atom. The predicted molar refractivity (Wildman–Crippen MR) is 128 cm³/mol. The summed E-state index contributed by atoms with van der Waals surface area (Å²) in [5.41, 5.74) is 1.49. The van der Waals surface area contributed by atoms with Crippen LogP contribution in [-0.2, 0) is 10.8 Å². The van der Waals surface area contributed by atoms with Crippen molar-refractivity contribution in [3.8, 4) is 17.2 Å². The number of nitrogens with one attached hydrogen (secondary N) is 1. The smallest absolute Gasteiger partial charge is 0.257 e. The van der Waals surface area contributed by atoms with Crippen LogP contribution < -0.4 is 14.8 Å². The molecule has 0 bridgehead atoms. The van der Waals surface area contributed by atoms with Gasteiger partial charge in [-0.25, -0.2) is 0 Å². The normalized spacial score (nSPS) is 15.2. The lowest BCUT2D eigenvalue weighted by Gasteiger charge is -2.17. The molecule has 2 aromatic carbocycles. The molecule has 2 unspecified atom stereocenters. The van der Waals surface area contributed by atoms with Gasteiger partial charge >= 0.3 is 0 Å². The fourth-order valence-corrected chi connectivity index (χ4v) is 4.00. The molecule has 170 valence electrons. The van der Waals surface area contributed by atoms with E-state index in [9.17, 15) is 9.00 Å². The molecule has 9 heteroatoms. The molecule has 1 amide bonds. The number of thioether (sulfide) groups is 1. The highest BCUT2D eigenvalue weighted by Gasteiger charge is 2.16. The van der Waals surface area contributed by atoms with Crippen LogP contribution in [0.4, 0.5) is 0 Å². The van der Waals surface area contributed by atoms with Crippen LogP contribution in [0, 0.1) is 0 Å². The number of nitrogens with zero attached hydrogens (tertiary/aromatic N) is 1. The van der Waals surface area contributed by atoms with Crippen molar-refractivity contribution in [3.05, 3.63) is 59.0 Å². The van der Waals surface area contributed by atoms with Crippen molar-refractivity contribution in [3.63, 3.8) is 0 Å². The Morgan fingerprint density at radius 3 is 2.56 bits per heavy atom. The number of aliphatic hydroxyl groups is 1. The Balaban J connectivity index is 1.83. The van der Waals surface area contributed by atoms with Crippen molar-refractivity contribution in [2.24, 2.45) is 4.99 Å². The standard InChI is InChI=1S/C23H26N2O5S2/c1-15-13-24-23(31-14-15)25-22(27)17-10-19(29-16(2)8-9-26)12-20(11-17)30-18-4-6-21(7-5-18)32(3)28/h4-7,10-12,14,16,26H,8-9,13H2,1-3H3,(H,24,25,27). The van der Waals surface area contributed by atoms with Crippen molar-refractivity contribution >= 4 is 33.6 Å². The molecule has 0 saturated carbocycles. The number of aliphatic hydroxyl groups excluding tert-OH is 1. The van der Waals surface area contributed by atoms with Crippen LogP contribution in [0.1, 0.15) is 30.6 Å². The van der Waals surface area contributed by atoms with Gasteiger partial charge in [-0.2, -0.15) is 0 Å². The van der Waals surface area contributed by atoms with Crippen molar-refractivity contribution in [1.82, 2.24) is 5.32 Å². The number of hydrogen-bond acceptors (Lipinski definition) is 7. The lowest BCUT2D eigenvalue weighted by Crippen LogP contribution is -2.29. The van der Waals surface area contributed by atoms with E-state index >= 15 is 0 Å². The van der Waals surface area contributed by atoms with Gasteiger partial charge in [-0.3, -0.25) is 14.0 Å². The van der Waals surface area contributed by atoms with E-state index in [4.69, 9.17) is 14.6 Å². The molecule has 0 saturated heterocycles. The Hall–Kier alpha value is -2.62. The summed E-state index contributed by atoms with van der Waals surface area (Å²) in [6.45, 7) is 4.38. The van der Waals surface area contributed by atoms with Gasteiger partial charge in [-0.05, 0) is 61.2 Å². The van der Waals surface area contributed by atoms with Crippen molar-refractivity contribution < 1.29 is 23.6 Å². The van der Waals surface area contributed by atoms with E-state index in [-0.39, 0.29) is 18.6 Å². The summed E-state index contributed by atoms with van der Waals surface area (Å²) in [5, 5.41) is 14.5. The van der Waals surface area contributed by atoms with E-state index in [1.807, 2.05) is 19.3 Å². The zero-order chi connectivity index (χ0) is 23.1. The van der Waals surface area contributed by atoms with E-state index in [1.165, 1.54) is 11.8 Å². The molecule has 0 radical (unpaired) electrons. The van der Waals surface area contributed by atoms with Crippen LogP contribution in [0.3, 0.4) is 0 Å². The molecule has 0 fully saturated rings. The summed E-state index contributed by atoms with van der Waals surface area (Å²) in [7, 11) is -1.08. The van der Waals surface area contributed by atoms with E-state index in [0.29, 0.717) is 45.8 Å². The predicted octanol–water partition coefficient (Wildman–Crippen LogP) is 4.10. The number of benzene rings is 2. The molecular formula is C23H26N2O5S2. The number of amides is 1. The van der Waals surface area contributed by atoms with E-state index in [2.05, 4.69) is 10.3 Å². The van der Waals surface area contributed by atoms with Crippen LogP contribution in [0.15, 0.2) is 63.3 Å². The SMILES string of the molecule is CC1=CSC(NC(=O)c2cc(Oc3ccc(S(C)=O)cc3)cc(OC(C)CCO)c2)=NC1. The third-order valence-corrected chi connectivity index (χ3v) is 6.38. The van der Waals surface area contributed by atoms with E-state index in [1.54, 1.807) is 48.7 Å². The summed E-state index contributed by atoms with van der Waals surface area (Å²) in [4.78, 5) is 17.9. The van der Waals surface area contributed by atoms with Crippen molar-refractivity contribution in [2.45, 2.75) is 31.3 Å². The monoisotopic (exact) mass is 474 g/mol. The number of carbonyl (C=O) groups excluding carboxylic acids is 1. The molecule has 32 heavy (non-hydrogen) atoms. The Morgan fingerprint density at radius 1 is 1.22 bits per heavy atom. The molecule has 2 aromatic rings. The van der Waals surface area contributed by atoms with Gasteiger partial charge in [0.1, 0.15) is 17.2 Å². The average Bonchev–Trinajstić information content (AvgIpc) is 2.75. The molecule has 2 N–H and O–H groups in total. The summed E-state index contributed by atoms with van der Waals surface area (Å²) in [5.74, 6) is 1.09. The zero-order valence-electron chi connectivity index (χ0n) is 18.2. The summed E-state index contributed by atoms with van der Waals surface area (Å²) >= 11 is 1.37. The minimum Gasteiger partial charge on any atom is -0.490 e. The molecular weight excluding hydrogens is 448 g/mol. The lowest BCUT2D eigenvalue weighted by molar-refractivity contribution is 0.0976. The third-order valence-electron chi connectivity index (χ3n) is 4.47. The molecule has 2 atom stereocenters. The molecule has 3 rings (SSSR count). The summed E-state index contributed by atoms with van der Waals surface area (Å²) < 4.78 is 23.4. The highest BCUT2D eigenvalue weighted by atomic mass is 32.2. The molecule has 1 aliphatic rings. The Labute approximate surface area is 194 Å². The van der Waals surface area contributed by atoms with Crippen LogP contribution >= 0.6 is 11.8 Å². The van der Waals surface area contributed by atoms with Crippen LogP contribution in [0.25, 0.3) is 0 Å². The largest absolute Gasteiger partial charge is 0.490 e. The lowest BCUT2D eigenvalue weighted by atomic mass is 10.2. The Kier molecular flexibility index (Phi) is 8.49.